The number of carbonyl (C=O) groups excluding carboxylic acids is 3. The van der Waals surface area contributed by atoms with Gasteiger partial charge in [0.1, 0.15) is 13.2 Å². The van der Waals surface area contributed by atoms with Crippen LogP contribution in [0.3, 0.4) is 0 Å². The highest BCUT2D eigenvalue weighted by atomic mass is 16.6. The second-order valence-corrected chi connectivity index (χ2v) is 17.0. The summed E-state index contributed by atoms with van der Waals surface area (Å²) in [6.07, 6.45) is 68.8. The van der Waals surface area contributed by atoms with Crippen LogP contribution in [0.1, 0.15) is 233 Å². The standard InChI is InChI=1S/C58H96O6/c1-4-7-10-13-16-18-20-22-23-24-25-26-27-28-29-30-31-32-33-34-35-37-38-40-42-45-48-51-57(60)63-54-55(53-62-56(59)50-47-44-15-12-9-6-3)64-58(61)52-49-46-43-41-39-36-21-19-17-14-11-8-5-2/h7-8,10-11,16-19,22-23,25-26,36,39,43,46,55H,4-6,9,12-15,20-21,24,27-35,37-38,40-42,44-45,47-54H2,1-3H3/b10-7-,11-8-,18-16-,19-17-,23-22-,26-25-,39-36-,46-43-. The lowest BCUT2D eigenvalue weighted by Crippen LogP contribution is -2.30. The van der Waals surface area contributed by atoms with Crippen molar-refractivity contribution in [2.24, 2.45) is 0 Å². The van der Waals surface area contributed by atoms with Gasteiger partial charge in [-0.25, -0.2) is 0 Å². The van der Waals surface area contributed by atoms with Gasteiger partial charge in [0.15, 0.2) is 6.10 Å². The lowest BCUT2D eigenvalue weighted by molar-refractivity contribution is -0.166. The fraction of sp³-hybridized carbons (Fsp3) is 0.672. The van der Waals surface area contributed by atoms with E-state index in [0.29, 0.717) is 19.3 Å². The molecule has 0 rings (SSSR count). The molecular formula is C58H96O6. The maximum atomic E-state index is 12.7. The lowest BCUT2D eigenvalue weighted by Gasteiger charge is -2.18. The minimum atomic E-state index is -0.811. The third kappa shape index (κ3) is 49.3. The van der Waals surface area contributed by atoms with Gasteiger partial charge in [0.2, 0.25) is 0 Å². The van der Waals surface area contributed by atoms with Crippen molar-refractivity contribution in [3.63, 3.8) is 0 Å². The molecule has 1 atom stereocenters. The van der Waals surface area contributed by atoms with E-state index in [2.05, 4.69) is 106 Å². The Labute approximate surface area is 394 Å². The Balaban J connectivity index is 4.13. The molecule has 6 nitrogen and oxygen atoms in total. The van der Waals surface area contributed by atoms with Crippen molar-refractivity contribution in [1.29, 1.82) is 0 Å². The molecule has 0 saturated carbocycles. The summed E-state index contributed by atoms with van der Waals surface area (Å²) in [6.45, 7) is 6.28. The molecule has 0 N–H and O–H groups in total. The second-order valence-electron chi connectivity index (χ2n) is 17.0. The minimum absolute atomic E-state index is 0.106. The van der Waals surface area contributed by atoms with Crippen LogP contribution in [0, 0.1) is 0 Å². The van der Waals surface area contributed by atoms with Gasteiger partial charge in [-0.15, -0.1) is 0 Å². The van der Waals surface area contributed by atoms with Crippen molar-refractivity contribution < 1.29 is 28.6 Å². The topological polar surface area (TPSA) is 78.9 Å². The Morgan fingerprint density at radius 2 is 0.641 bits per heavy atom. The van der Waals surface area contributed by atoms with Crippen molar-refractivity contribution in [2.75, 3.05) is 13.2 Å². The van der Waals surface area contributed by atoms with Gasteiger partial charge >= 0.3 is 17.9 Å². The van der Waals surface area contributed by atoms with Gasteiger partial charge in [-0.2, -0.15) is 0 Å². The quantitative estimate of drug-likeness (QED) is 0.0262. The smallest absolute Gasteiger partial charge is 0.306 e. The molecule has 0 aromatic rings. The van der Waals surface area contributed by atoms with Crippen LogP contribution < -0.4 is 0 Å². The van der Waals surface area contributed by atoms with E-state index >= 15 is 0 Å². The van der Waals surface area contributed by atoms with Crippen molar-refractivity contribution in [1.82, 2.24) is 0 Å². The molecule has 0 aliphatic rings. The van der Waals surface area contributed by atoms with Crippen molar-refractivity contribution in [3.8, 4) is 0 Å². The average molecular weight is 889 g/mol. The molecule has 0 aliphatic carbocycles. The van der Waals surface area contributed by atoms with E-state index in [-0.39, 0.29) is 31.6 Å². The summed E-state index contributed by atoms with van der Waals surface area (Å²) in [7, 11) is 0. The van der Waals surface area contributed by atoms with E-state index in [1.807, 2.05) is 12.2 Å². The molecule has 0 radical (unpaired) electrons. The predicted molar refractivity (Wildman–Crippen MR) is 274 cm³/mol. The zero-order valence-corrected chi connectivity index (χ0v) is 41.5. The number of hydrogen-bond donors (Lipinski definition) is 0. The number of ether oxygens (including phenoxy) is 3. The van der Waals surface area contributed by atoms with Gasteiger partial charge in [-0.05, 0) is 83.5 Å². The van der Waals surface area contributed by atoms with E-state index in [1.54, 1.807) is 0 Å². The van der Waals surface area contributed by atoms with E-state index in [9.17, 15) is 14.4 Å². The van der Waals surface area contributed by atoms with Gasteiger partial charge in [0.25, 0.3) is 0 Å². The highest BCUT2D eigenvalue weighted by molar-refractivity contribution is 5.71. The molecule has 0 fully saturated rings. The number of esters is 3. The molecule has 6 heteroatoms. The average Bonchev–Trinajstić information content (AvgIpc) is 3.29. The summed E-state index contributed by atoms with van der Waals surface area (Å²) in [5.41, 5.74) is 0. The number of hydrogen-bond acceptors (Lipinski definition) is 6. The summed E-state index contributed by atoms with van der Waals surface area (Å²) >= 11 is 0. The SMILES string of the molecule is CC/C=C\C/C=C\C/C=C\C/C=C\CCCCCCCCCCCCCCCCC(=O)OCC(COC(=O)CCCCCCCC)OC(=O)CC/C=C\C/C=C\C/C=C\C/C=C\CC. The fourth-order valence-corrected chi connectivity index (χ4v) is 6.98. The zero-order valence-electron chi connectivity index (χ0n) is 41.5. The monoisotopic (exact) mass is 889 g/mol. The Hall–Kier alpha value is -3.67. The minimum Gasteiger partial charge on any atom is -0.462 e. The van der Waals surface area contributed by atoms with E-state index in [0.717, 1.165) is 89.9 Å². The van der Waals surface area contributed by atoms with E-state index in [1.165, 1.54) is 96.3 Å². The largest absolute Gasteiger partial charge is 0.462 e. The van der Waals surface area contributed by atoms with Crippen LogP contribution in [0.15, 0.2) is 97.2 Å². The van der Waals surface area contributed by atoms with Crippen molar-refractivity contribution >= 4 is 17.9 Å². The fourth-order valence-electron chi connectivity index (χ4n) is 6.98. The predicted octanol–water partition coefficient (Wildman–Crippen LogP) is 17.4. The van der Waals surface area contributed by atoms with Gasteiger partial charge in [0, 0.05) is 19.3 Å². The van der Waals surface area contributed by atoms with E-state index in [4.69, 9.17) is 14.2 Å². The summed E-state index contributed by atoms with van der Waals surface area (Å²) in [4.78, 5) is 37.7. The van der Waals surface area contributed by atoms with Crippen molar-refractivity contribution in [3.05, 3.63) is 97.2 Å². The number of rotatable bonds is 46. The molecule has 0 saturated heterocycles. The first-order valence-corrected chi connectivity index (χ1v) is 26.2. The summed E-state index contributed by atoms with van der Waals surface area (Å²) in [6, 6.07) is 0. The van der Waals surface area contributed by atoms with E-state index < -0.39 is 12.1 Å². The second kappa shape index (κ2) is 52.0. The summed E-state index contributed by atoms with van der Waals surface area (Å²) in [5.74, 6) is -1.00. The lowest BCUT2D eigenvalue weighted by atomic mass is 10.0. The molecule has 64 heavy (non-hydrogen) atoms. The van der Waals surface area contributed by atoms with Crippen LogP contribution in [0.5, 0.6) is 0 Å². The molecule has 0 aromatic carbocycles. The number of unbranched alkanes of at least 4 members (excludes halogenated alkanes) is 19. The van der Waals surface area contributed by atoms with Crippen LogP contribution in [0.25, 0.3) is 0 Å². The maximum Gasteiger partial charge on any atom is 0.306 e. The van der Waals surface area contributed by atoms with Gasteiger partial charge < -0.3 is 14.2 Å². The first-order chi connectivity index (χ1) is 31.5. The molecule has 0 heterocycles. The van der Waals surface area contributed by atoms with Gasteiger partial charge in [0.05, 0.1) is 0 Å². The summed E-state index contributed by atoms with van der Waals surface area (Å²) < 4.78 is 16.6. The Morgan fingerprint density at radius 3 is 1.02 bits per heavy atom. The van der Waals surface area contributed by atoms with Gasteiger partial charge in [-0.3, -0.25) is 14.4 Å². The normalized spacial score (nSPS) is 12.9. The highest BCUT2D eigenvalue weighted by Crippen LogP contribution is 2.15. The molecular weight excluding hydrogens is 793 g/mol. The third-order valence-electron chi connectivity index (χ3n) is 10.8. The molecule has 1 unspecified atom stereocenters. The van der Waals surface area contributed by atoms with Crippen LogP contribution in [-0.4, -0.2) is 37.2 Å². The molecule has 364 valence electrons. The van der Waals surface area contributed by atoms with Crippen molar-refractivity contribution in [2.45, 2.75) is 239 Å². The summed E-state index contributed by atoms with van der Waals surface area (Å²) in [5, 5.41) is 0. The van der Waals surface area contributed by atoms with Crippen LogP contribution in [0.4, 0.5) is 0 Å². The van der Waals surface area contributed by atoms with Crippen LogP contribution in [0.2, 0.25) is 0 Å². The first-order valence-electron chi connectivity index (χ1n) is 26.2. The molecule has 0 bridgehead atoms. The van der Waals surface area contributed by atoms with Gasteiger partial charge in [-0.1, -0.05) is 227 Å². The Morgan fingerprint density at radius 1 is 0.328 bits per heavy atom. The highest BCUT2D eigenvalue weighted by Gasteiger charge is 2.19. The number of allylic oxidation sites excluding steroid dienone is 16. The molecule has 0 amide bonds. The van der Waals surface area contributed by atoms with Crippen LogP contribution >= 0.6 is 0 Å². The maximum absolute atomic E-state index is 12.7. The third-order valence-corrected chi connectivity index (χ3v) is 10.8. The Bertz CT molecular complexity index is 1300. The molecule has 0 aliphatic heterocycles. The van der Waals surface area contributed by atoms with Crippen LogP contribution in [-0.2, 0) is 28.6 Å². The molecule has 0 aromatic heterocycles. The Kier molecular flexibility index (Phi) is 49.0. The first kappa shape index (κ1) is 60.3. The number of carbonyl (C=O) groups is 3. The molecule has 0 spiro atoms. The zero-order chi connectivity index (χ0) is 46.5.